The number of hydrogen-bond acceptors (Lipinski definition) is 5. The van der Waals surface area contributed by atoms with E-state index in [2.05, 4.69) is 14.6 Å². The third-order valence-electron chi connectivity index (χ3n) is 3.81. The monoisotopic (exact) mass is 277 g/mol. The summed E-state index contributed by atoms with van der Waals surface area (Å²) in [6.45, 7) is 3.81. The maximum atomic E-state index is 11.3. The van der Waals surface area contributed by atoms with Crippen LogP contribution in [0.4, 0.5) is 0 Å². The lowest BCUT2D eigenvalue weighted by molar-refractivity contribution is 0.0600. The van der Waals surface area contributed by atoms with Crippen LogP contribution in [0.3, 0.4) is 0 Å². The molecule has 2 heterocycles. The number of pyridine rings is 1. The smallest absolute Gasteiger partial charge is 0.339 e. The summed E-state index contributed by atoms with van der Waals surface area (Å²) in [7, 11) is 1.38. The fourth-order valence-electron chi connectivity index (χ4n) is 2.75. The van der Waals surface area contributed by atoms with Crippen LogP contribution in [0.25, 0.3) is 0 Å². The Balaban J connectivity index is 1.91. The van der Waals surface area contributed by atoms with Crippen molar-refractivity contribution in [3.05, 3.63) is 29.6 Å². The minimum atomic E-state index is -0.343. The van der Waals surface area contributed by atoms with Gasteiger partial charge in [-0.2, -0.15) is 0 Å². The van der Waals surface area contributed by atoms with Crippen LogP contribution in [-0.4, -0.2) is 42.6 Å². The van der Waals surface area contributed by atoms with Crippen molar-refractivity contribution in [2.24, 2.45) is 11.7 Å². The molecule has 0 spiro atoms. The van der Waals surface area contributed by atoms with Crippen molar-refractivity contribution in [1.29, 1.82) is 0 Å². The first kappa shape index (κ1) is 14.9. The molecule has 0 amide bonds. The first-order valence-corrected chi connectivity index (χ1v) is 7.18. The lowest BCUT2D eigenvalue weighted by atomic mass is 9.95. The number of aromatic nitrogens is 1. The molecular weight excluding hydrogens is 254 g/mol. The van der Waals surface area contributed by atoms with Crippen molar-refractivity contribution < 1.29 is 9.53 Å². The van der Waals surface area contributed by atoms with E-state index < -0.39 is 0 Å². The summed E-state index contributed by atoms with van der Waals surface area (Å²) in [6, 6.07) is 3.67. The molecule has 1 atom stereocenters. The molecule has 1 unspecified atom stereocenters. The standard InChI is InChI=1S/C15H23N3O2/c1-20-15(19)13-4-5-14(17-9-13)11-18-8-2-3-12(10-18)6-7-16/h4-5,9,12H,2-3,6-8,10-11,16H2,1H3. The molecule has 0 bridgehead atoms. The van der Waals surface area contributed by atoms with E-state index in [1.54, 1.807) is 12.3 Å². The fourth-order valence-corrected chi connectivity index (χ4v) is 2.75. The van der Waals surface area contributed by atoms with E-state index in [9.17, 15) is 4.79 Å². The van der Waals surface area contributed by atoms with Gasteiger partial charge < -0.3 is 10.5 Å². The quantitative estimate of drug-likeness (QED) is 0.825. The molecule has 2 N–H and O–H groups in total. The zero-order chi connectivity index (χ0) is 14.4. The molecule has 20 heavy (non-hydrogen) atoms. The largest absolute Gasteiger partial charge is 0.465 e. The molecule has 1 saturated heterocycles. The zero-order valence-corrected chi connectivity index (χ0v) is 12.0. The molecule has 1 aromatic heterocycles. The average Bonchev–Trinajstić information content (AvgIpc) is 2.48. The second kappa shape index (κ2) is 7.36. The van der Waals surface area contributed by atoms with Gasteiger partial charge in [0.05, 0.1) is 18.4 Å². The van der Waals surface area contributed by atoms with Gasteiger partial charge in [0.15, 0.2) is 0 Å². The minimum Gasteiger partial charge on any atom is -0.465 e. The molecule has 2 rings (SSSR count). The van der Waals surface area contributed by atoms with Gasteiger partial charge in [-0.15, -0.1) is 0 Å². The van der Waals surface area contributed by atoms with Gasteiger partial charge in [-0.1, -0.05) is 0 Å². The van der Waals surface area contributed by atoms with Gasteiger partial charge in [-0.05, 0) is 50.4 Å². The van der Waals surface area contributed by atoms with Crippen molar-refractivity contribution in [2.45, 2.75) is 25.8 Å². The van der Waals surface area contributed by atoms with Crippen LogP contribution < -0.4 is 5.73 Å². The van der Waals surface area contributed by atoms with Crippen LogP contribution >= 0.6 is 0 Å². The third-order valence-corrected chi connectivity index (χ3v) is 3.81. The van der Waals surface area contributed by atoms with Gasteiger partial charge in [-0.3, -0.25) is 9.88 Å². The average molecular weight is 277 g/mol. The van der Waals surface area contributed by atoms with Crippen LogP contribution in [0.15, 0.2) is 18.3 Å². The van der Waals surface area contributed by atoms with Gasteiger partial charge in [0, 0.05) is 19.3 Å². The number of ether oxygens (including phenoxy) is 1. The Kier molecular flexibility index (Phi) is 5.49. The van der Waals surface area contributed by atoms with Crippen LogP contribution in [0.1, 0.15) is 35.3 Å². The van der Waals surface area contributed by atoms with Gasteiger partial charge in [-0.25, -0.2) is 4.79 Å². The van der Waals surface area contributed by atoms with Gasteiger partial charge in [0.1, 0.15) is 0 Å². The van der Waals surface area contributed by atoms with Crippen LogP contribution in [0.5, 0.6) is 0 Å². The van der Waals surface area contributed by atoms with E-state index >= 15 is 0 Å². The van der Waals surface area contributed by atoms with Gasteiger partial charge in [0.25, 0.3) is 0 Å². The Morgan fingerprint density at radius 1 is 1.55 bits per heavy atom. The summed E-state index contributed by atoms with van der Waals surface area (Å²) in [5.74, 6) is 0.369. The molecule has 5 heteroatoms. The molecule has 0 radical (unpaired) electrons. The number of likely N-dealkylation sites (tertiary alicyclic amines) is 1. The van der Waals surface area contributed by atoms with Crippen LogP contribution in [0, 0.1) is 5.92 Å². The second-order valence-corrected chi connectivity index (χ2v) is 5.35. The number of piperidine rings is 1. The van der Waals surface area contributed by atoms with Gasteiger partial charge >= 0.3 is 5.97 Å². The van der Waals surface area contributed by atoms with Crippen LogP contribution in [0.2, 0.25) is 0 Å². The zero-order valence-electron chi connectivity index (χ0n) is 12.0. The molecule has 1 aliphatic rings. The first-order chi connectivity index (χ1) is 9.72. The maximum absolute atomic E-state index is 11.3. The van der Waals surface area contributed by atoms with Gasteiger partial charge in [0.2, 0.25) is 0 Å². The number of rotatable bonds is 5. The molecule has 0 aliphatic carbocycles. The predicted molar refractivity (Wildman–Crippen MR) is 77.2 cm³/mol. The van der Waals surface area contributed by atoms with E-state index in [1.807, 2.05) is 6.07 Å². The highest BCUT2D eigenvalue weighted by atomic mass is 16.5. The van der Waals surface area contributed by atoms with E-state index in [4.69, 9.17) is 5.73 Å². The molecule has 0 saturated carbocycles. The van der Waals surface area contributed by atoms with E-state index in [0.29, 0.717) is 11.5 Å². The topological polar surface area (TPSA) is 68.5 Å². The summed E-state index contributed by atoms with van der Waals surface area (Å²) in [5, 5.41) is 0. The number of nitrogens with zero attached hydrogens (tertiary/aromatic N) is 2. The summed E-state index contributed by atoms with van der Waals surface area (Å²) in [5.41, 5.74) is 7.13. The summed E-state index contributed by atoms with van der Waals surface area (Å²) in [6.07, 6.45) is 5.20. The Morgan fingerprint density at radius 3 is 3.05 bits per heavy atom. The molecule has 1 aliphatic heterocycles. The second-order valence-electron chi connectivity index (χ2n) is 5.35. The number of carbonyl (C=O) groups is 1. The maximum Gasteiger partial charge on any atom is 0.339 e. The summed E-state index contributed by atoms with van der Waals surface area (Å²) >= 11 is 0. The molecule has 1 aromatic rings. The highest BCUT2D eigenvalue weighted by molar-refractivity contribution is 5.88. The van der Waals surface area contributed by atoms with Crippen molar-refractivity contribution in [2.75, 3.05) is 26.7 Å². The number of methoxy groups -OCH3 is 1. The highest BCUT2D eigenvalue weighted by Gasteiger charge is 2.19. The molecule has 0 aromatic carbocycles. The Hall–Kier alpha value is -1.46. The lowest BCUT2D eigenvalue weighted by Crippen LogP contribution is -2.35. The Bertz CT molecular complexity index is 431. The summed E-state index contributed by atoms with van der Waals surface area (Å²) < 4.78 is 4.67. The lowest BCUT2D eigenvalue weighted by Gasteiger charge is -2.32. The number of nitrogens with two attached hydrogens (primary N) is 1. The Morgan fingerprint density at radius 2 is 2.40 bits per heavy atom. The Labute approximate surface area is 120 Å². The summed E-state index contributed by atoms with van der Waals surface area (Å²) in [4.78, 5) is 18.1. The normalized spacial score (nSPS) is 19.8. The molecule has 1 fully saturated rings. The number of hydrogen-bond donors (Lipinski definition) is 1. The predicted octanol–water partition coefficient (Wildman–Crippen LogP) is 1.43. The van der Waals surface area contributed by atoms with Crippen LogP contribution in [-0.2, 0) is 11.3 Å². The fraction of sp³-hybridized carbons (Fsp3) is 0.600. The molecule has 110 valence electrons. The molecule has 5 nitrogen and oxygen atoms in total. The van der Waals surface area contributed by atoms with Crippen molar-refractivity contribution >= 4 is 5.97 Å². The third kappa shape index (κ3) is 4.02. The first-order valence-electron chi connectivity index (χ1n) is 7.18. The number of carbonyl (C=O) groups excluding carboxylic acids is 1. The van der Waals surface area contributed by atoms with Crippen molar-refractivity contribution in [3.8, 4) is 0 Å². The molecular formula is C15H23N3O2. The number of esters is 1. The van der Waals surface area contributed by atoms with E-state index in [-0.39, 0.29) is 5.97 Å². The van der Waals surface area contributed by atoms with E-state index in [0.717, 1.165) is 38.3 Å². The SMILES string of the molecule is COC(=O)c1ccc(CN2CCCC(CCN)C2)nc1. The van der Waals surface area contributed by atoms with Crippen molar-refractivity contribution in [3.63, 3.8) is 0 Å². The highest BCUT2D eigenvalue weighted by Crippen LogP contribution is 2.20. The van der Waals surface area contributed by atoms with E-state index in [1.165, 1.54) is 20.0 Å². The van der Waals surface area contributed by atoms with Crippen molar-refractivity contribution in [1.82, 2.24) is 9.88 Å². The minimum absolute atomic E-state index is 0.343.